The zero-order valence-corrected chi connectivity index (χ0v) is 24.8. The number of carbonyl (C=O) groups is 2. The van der Waals surface area contributed by atoms with E-state index in [9.17, 15) is 18.0 Å². The standard InChI is InChI=1S/C33H32N6O4S/c40-32(37-44(42,43)23-25-12-6-2-7-13-25)28-22-36-39-30(28)35-21-29(31(39)34-20-24-10-4-1-5-11-24)33(41)38-18-16-27(17-19-38)26-14-8-3-9-15-26/h1-15,21-22,27,34H,16-20,23H2,(H,37,40). The quantitative estimate of drug-likeness (QED) is 0.250. The number of nitrogens with zero attached hydrogens (tertiary/aromatic N) is 4. The number of piperidine rings is 1. The van der Waals surface area contributed by atoms with Gasteiger partial charge in [0.2, 0.25) is 10.0 Å². The summed E-state index contributed by atoms with van der Waals surface area (Å²) in [6.07, 6.45) is 4.40. The summed E-state index contributed by atoms with van der Waals surface area (Å²) in [6, 6.07) is 28.6. The fraction of sp³-hybridized carbons (Fsp3) is 0.212. The van der Waals surface area contributed by atoms with Crippen molar-refractivity contribution < 1.29 is 18.0 Å². The molecule has 11 heteroatoms. The lowest BCUT2D eigenvalue weighted by atomic mass is 9.89. The number of amides is 2. The zero-order chi connectivity index (χ0) is 30.5. The molecule has 3 heterocycles. The van der Waals surface area contributed by atoms with E-state index in [4.69, 9.17) is 0 Å². The van der Waals surface area contributed by atoms with Crippen molar-refractivity contribution in [3.63, 3.8) is 0 Å². The van der Waals surface area contributed by atoms with Gasteiger partial charge in [0.05, 0.1) is 11.9 Å². The van der Waals surface area contributed by atoms with E-state index >= 15 is 0 Å². The Hall–Kier alpha value is -5.03. The third kappa shape index (κ3) is 6.47. The van der Waals surface area contributed by atoms with Gasteiger partial charge in [-0.05, 0) is 35.4 Å². The highest BCUT2D eigenvalue weighted by Crippen LogP contribution is 2.30. The van der Waals surface area contributed by atoms with Crippen LogP contribution in [0.3, 0.4) is 0 Å². The van der Waals surface area contributed by atoms with E-state index < -0.39 is 15.9 Å². The molecule has 1 fully saturated rings. The highest BCUT2D eigenvalue weighted by atomic mass is 32.2. The van der Waals surface area contributed by atoms with E-state index in [-0.39, 0.29) is 22.9 Å². The summed E-state index contributed by atoms with van der Waals surface area (Å²) in [5.41, 5.74) is 3.24. The first-order chi connectivity index (χ1) is 21.4. The van der Waals surface area contributed by atoms with Crippen molar-refractivity contribution in [1.29, 1.82) is 0 Å². The smallest absolute Gasteiger partial charge is 0.270 e. The number of fused-ring (bicyclic) bond motifs is 1. The van der Waals surface area contributed by atoms with E-state index in [1.165, 1.54) is 22.5 Å². The van der Waals surface area contributed by atoms with Crippen LogP contribution in [0.4, 0.5) is 5.82 Å². The third-order valence-corrected chi connectivity index (χ3v) is 9.02. The molecule has 0 radical (unpaired) electrons. The first-order valence-electron chi connectivity index (χ1n) is 14.5. The second-order valence-electron chi connectivity index (χ2n) is 10.8. The molecule has 10 nitrogen and oxygen atoms in total. The summed E-state index contributed by atoms with van der Waals surface area (Å²) < 4.78 is 29.0. The first-order valence-corrected chi connectivity index (χ1v) is 16.1. The molecule has 6 rings (SSSR count). The zero-order valence-electron chi connectivity index (χ0n) is 24.0. The molecular weight excluding hydrogens is 576 g/mol. The predicted octanol–water partition coefficient (Wildman–Crippen LogP) is 4.62. The van der Waals surface area contributed by atoms with Crippen molar-refractivity contribution in [2.45, 2.75) is 31.1 Å². The van der Waals surface area contributed by atoms with Crippen LogP contribution in [0, 0.1) is 0 Å². The van der Waals surface area contributed by atoms with Crippen molar-refractivity contribution in [1.82, 2.24) is 24.2 Å². The molecule has 0 aliphatic carbocycles. The lowest BCUT2D eigenvalue weighted by molar-refractivity contribution is 0.0712. The lowest BCUT2D eigenvalue weighted by Gasteiger charge is -2.32. The highest BCUT2D eigenvalue weighted by Gasteiger charge is 2.29. The number of hydrogen-bond acceptors (Lipinski definition) is 7. The Bertz CT molecular complexity index is 1870. The van der Waals surface area contributed by atoms with Crippen molar-refractivity contribution in [3.8, 4) is 0 Å². The Labute approximate surface area is 255 Å². The summed E-state index contributed by atoms with van der Waals surface area (Å²) in [5.74, 6) is -0.620. The molecule has 1 aliphatic heterocycles. The van der Waals surface area contributed by atoms with Crippen molar-refractivity contribution in [3.05, 3.63) is 131 Å². The number of hydrogen-bond donors (Lipinski definition) is 2. The van der Waals surface area contributed by atoms with Crippen molar-refractivity contribution in [2.24, 2.45) is 0 Å². The molecule has 0 spiro atoms. The van der Waals surface area contributed by atoms with E-state index in [1.54, 1.807) is 30.3 Å². The fourth-order valence-electron chi connectivity index (χ4n) is 5.54. The number of anilines is 1. The number of sulfonamides is 1. The molecule has 2 aromatic heterocycles. The summed E-state index contributed by atoms with van der Waals surface area (Å²) in [7, 11) is -3.99. The number of nitrogens with one attached hydrogen (secondary N) is 2. The largest absolute Gasteiger partial charge is 0.365 e. The Morgan fingerprint density at radius 2 is 1.41 bits per heavy atom. The monoisotopic (exact) mass is 608 g/mol. The minimum atomic E-state index is -3.99. The Balaban J connectivity index is 1.26. The summed E-state index contributed by atoms with van der Waals surface area (Å²) >= 11 is 0. The molecule has 44 heavy (non-hydrogen) atoms. The van der Waals surface area contributed by atoms with Gasteiger partial charge in [-0.2, -0.15) is 9.61 Å². The van der Waals surface area contributed by atoms with Gasteiger partial charge in [0, 0.05) is 25.8 Å². The van der Waals surface area contributed by atoms with E-state index in [2.05, 4.69) is 32.3 Å². The average Bonchev–Trinajstić information content (AvgIpc) is 3.49. The van der Waals surface area contributed by atoms with Gasteiger partial charge in [-0.3, -0.25) is 9.59 Å². The number of rotatable bonds is 9. The Morgan fingerprint density at radius 1 is 0.795 bits per heavy atom. The van der Waals surface area contributed by atoms with Gasteiger partial charge in [-0.1, -0.05) is 91.0 Å². The average molecular weight is 609 g/mol. The molecule has 0 saturated carbocycles. The molecule has 2 amide bonds. The first kappa shape index (κ1) is 29.1. The summed E-state index contributed by atoms with van der Waals surface area (Å²) in [4.78, 5) is 33.3. The Kier molecular flexibility index (Phi) is 8.38. The summed E-state index contributed by atoms with van der Waals surface area (Å²) in [6.45, 7) is 1.59. The fourth-order valence-corrected chi connectivity index (χ4v) is 6.63. The summed E-state index contributed by atoms with van der Waals surface area (Å²) in [5, 5.41) is 7.69. The van der Waals surface area contributed by atoms with E-state index in [1.807, 2.05) is 53.4 Å². The second kappa shape index (κ2) is 12.7. The molecule has 3 aromatic carbocycles. The topological polar surface area (TPSA) is 126 Å². The molecule has 0 atom stereocenters. The van der Waals surface area contributed by atoms with Crippen LogP contribution in [0.15, 0.2) is 103 Å². The SMILES string of the molecule is O=C(NS(=O)(=O)Cc1ccccc1)c1cnn2c(NCc3ccccc3)c(C(=O)N3CCC(c4ccccc4)CC3)cnc12. The van der Waals surface area contributed by atoms with Crippen LogP contribution in [0.1, 0.15) is 56.2 Å². The van der Waals surface area contributed by atoms with Gasteiger partial charge in [0.15, 0.2) is 5.65 Å². The maximum absolute atomic E-state index is 13.9. The van der Waals surface area contributed by atoms with Gasteiger partial charge in [0.25, 0.3) is 11.8 Å². The van der Waals surface area contributed by atoms with E-state index in [0.29, 0.717) is 42.5 Å². The van der Waals surface area contributed by atoms with Crippen LogP contribution in [0.2, 0.25) is 0 Å². The minimum absolute atomic E-state index is 0.0212. The van der Waals surface area contributed by atoms with Crippen molar-refractivity contribution in [2.75, 3.05) is 18.4 Å². The van der Waals surface area contributed by atoms with Crippen LogP contribution >= 0.6 is 0 Å². The highest BCUT2D eigenvalue weighted by molar-refractivity contribution is 7.89. The normalized spacial score (nSPS) is 14.0. The molecule has 0 bridgehead atoms. The number of benzene rings is 3. The third-order valence-electron chi connectivity index (χ3n) is 7.81. The van der Waals surface area contributed by atoms with Crippen LogP contribution < -0.4 is 10.0 Å². The molecular formula is C33H32N6O4S. The van der Waals surface area contributed by atoms with Crippen LogP contribution in [0.25, 0.3) is 5.65 Å². The second-order valence-corrected chi connectivity index (χ2v) is 12.5. The molecule has 2 N–H and O–H groups in total. The van der Waals surface area contributed by atoms with Crippen LogP contribution in [-0.2, 0) is 22.3 Å². The van der Waals surface area contributed by atoms with Gasteiger partial charge in [0.1, 0.15) is 16.9 Å². The van der Waals surface area contributed by atoms with Crippen LogP contribution in [-0.4, -0.2) is 52.8 Å². The van der Waals surface area contributed by atoms with Gasteiger partial charge in [-0.25, -0.2) is 18.1 Å². The predicted molar refractivity (Wildman–Crippen MR) is 168 cm³/mol. The molecule has 224 valence electrons. The molecule has 5 aromatic rings. The lowest BCUT2D eigenvalue weighted by Crippen LogP contribution is -2.38. The minimum Gasteiger partial charge on any atom is -0.365 e. The van der Waals surface area contributed by atoms with Gasteiger partial charge < -0.3 is 10.2 Å². The molecule has 1 aliphatic rings. The Morgan fingerprint density at radius 3 is 2.07 bits per heavy atom. The van der Waals surface area contributed by atoms with Gasteiger partial charge >= 0.3 is 0 Å². The van der Waals surface area contributed by atoms with Crippen LogP contribution in [0.5, 0.6) is 0 Å². The number of likely N-dealkylation sites (tertiary alicyclic amines) is 1. The van der Waals surface area contributed by atoms with E-state index in [0.717, 1.165) is 18.4 Å². The van der Waals surface area contributed by atoms with Gasteiger partial charge in [-0.15, -0.1) is 0 Å². The number of aromatic nitrogens is 3. The molecule has 0 unspecified atom stereocenters. The maximum atomic E-state index is 13.9. The van der Waals surface area contributed by atoms with Crippen molar-refractivity contribution >= 4 is 33.3 Å². The molecule has 1 saturated heterocycles. The maximum Gasteiger partial charge on any atom is 0.270 e. The number of carbonyl (C=O) groups excluding carboxylic acids is 2.